The van der Waals surface area contributed by atoms with Gasteiger partial charge in [0.25, 0.3) is 0 Å². The Kier molecular flexibility index (Phi) is 2.71. The van der Waals surface area contributed by atoms with E-state index in [-0.39, 0.29) is 5.54 Å². The molecule has 0 saturated carbocycles. The van der Waals surface area contributed by atoms with Crippen LogP contribution in [0.1, 0.15) is 20.3 Å². The van der Waals surface area contributed by atoms with E-state index in [1.807, 2.05) is 13.8 Å². The van der Waals surface area contributed by atoms with Crippen molar-refractivity contribution in [2.45, 2.75) is 31.9 Å². The lowest BCUT2D eigenvalue weighted by Gasteiger charge is -2.28. The van der Waals surface area contributed by atoms with Gasteiger partial charge >= 0.3 is 0 Å². The fourth-order valence-corrected chi connectivity index (χ4v) is 1.50. The van der Waals surface area contributed by atoms with E-state index >= 15 is 0 Å². The maximum absolute atomic E-state index is 8.88. The van der Waals surface area contributed by atoms with Crippen LogP contribution in [0.5, 0.6) is 0 Å². The monoisotopic (exact) mass is 168 g/mol. The first-order valence-electron chi connectivity index (χ1n) is 4.29. The molecule has 0 bridgehead atoms. The molecular weight excluding hydrogens is 152 g/mol. The molecule has 68 valence electrons. The van der Waals surface area contributed by atoms with Crippen LogP contribution in [-0.2, 0) is 4.74 Å². The minimum atomic E-state index is -0.340. The van der Waals surface area contributed by atoms with Crippen molar-refractivity contribution in [1.29, 1.82) is 5.26 Å². The Bertz CT molecular complexity index is 195. The zero-order valence-electron chi connectivity index (χ0n) is 8.00. The van der Waals surface area contributed by atoms with E-state index in [9.17, 15) is 0 Å². The van der Waals surface area contributed by atoms with Gasteiger partial charge in [-0.3, -0.25) is 4.90 Å². The first kappa shape index (κ1) is 9.50. The van der Waals surface area contributed by atoms with Crippen molar-refractivity contribution in [2.24, 2.45) is 0 Å². The Hall–Kier alpha value is -0.590. The Balaban J connectivity index is 2.53. The minimum Gasteiger partial charge on any atom is -0.380 e. The van der Waals surface area contributed by atoms with E-state index in [0.717, 1.165) is 19.5 Å². The Morgan fingerprint density at radius 3 is 2.67 bits per heavy atom. The van der Waals surface area contributed by atoms with Crippen LogP contribution < -0.4 is 0 Å². The van der Waals surface area contributed by atoms with Crippen LogP contribution >= 0.6 is 0 Å². The van der Waals surface area contributed by atoms with Crippen LogP contribution in [0.2, 0.25) is 0 Å². The molecule has 0 amide bonds. The van der Waals surface area contributed by atoms with Crippen molar-refractivity contribution >= 4 is 0 Å². The van der Waals surface area contributed by atoms with Crippen LogP contribution in [0.3, 0.4) is 0 Å². The third-order valence-corrected chi connectivity index (χ3v) is 2.54. The number of ether oxygens (including phenoxy) is 1. The number of methoxy groups -OCH3 is 1. The van der Waals surface area contributed by atoms with Crippen LogP contribution in [0.4, 0.5) is 0 Å². The molecule has 1 heterocycles. The zero-order valence-corrected chi connectivity index (χ0v) is 8.00. The lowest BCUT2D eigenvalue weighted by molar-refractivity contribution is 0.0961. The first-order valence-corrected chi connectivity index (χ1v) is 4.29. The van der Waals surface area contributed by atoms with Crippen molar-refractivity contribution in [3.8, 4) is 6.07 Å². The highest BCUT2D eigenvalue weighted by Gasteiger charge is 2.33. The Labute approximate surface area is 73.9 Å². The summed E-state index contributed by atoms with van der Waals surface area (Å²) in [6, 6.07) is 2.30. The largest absolute Gasteiger partial charge is 0.380 e. The second-order valence-electron chi connectivity index (χ2n) is 3.76. The molecule has 3 nitrogen and oxygen atoms in total. The summed E-state index contributed by atoms with van der Waals surface area (Å²) < 4.78 is 5.23. The fourth-order valence-electron chi connectivity index (χ4n) is 1.50. The summed E-state index contributed by atoms with van der Waals surface area (Å²) in [6.07, 6.45) is 1.36. The van der Waals surface area contributed by atoms with Crippen molar-refractivity contribution in [3.05, 3.63) is 0 Å². The van der Waals surface area contributed by atoms with Crippen LogP contribution in [0, 0.1) is 11.3 Å². The molecule has 0 unspecified atom stereocenters. The highest BCUT2D eigenvalue weighted by Crippen LogP contribution is 2.21. The maximum Gasteiger partial charge on any atom is 0.103 e. The van der Waals surface area contributed by atoms with Crippen LogP contribution in [-0.4, -0.2) is 36.7 Å². The molecule has 1 fully saturated rings. The zero-order chi connectivity index (χ0) is 9.19. The van der Waals surface area contributed by atoms with Gasteiger partial charge in [0.15, 0.2) is 0 Å². The summed E-state index contributed by atoms with van der Waals surface area (Å²) in [7, 11) is 1.73. The maximum atomic E-state index is 8.88. The van der Waals surface area contributed by atoms with Gasteiger partial charge in [-0.15, -0.1) is 0 Å². The topological polar surface area (TPSA) is 36.3 Å². The van der Waals surface area contributed by atoms with Gasteiger partial charge in [0.05, 0.1) is 12.2 Å². The molecule has 1 rings (SSSR count). The molecule has 0 aliphatic carbocycles. The lowest BCUT2D eigenvalue weighted by atomic mass is 10.1. The standard InChI is InChI=1S/C9H16N2O/c1-9(2,7-10)11-5-4-8(6-11)12-3/h8H,4-6H2,1-3H3/t8-/m1/s1. The molecule has 0 N–H and O–H groups in total. The smallest absolute Gasteiger partial charge is 0.103 e. The molecule has 0 radical (unpaired) electrons. The van der Waals surface area contributed by atoms with E-state index in [1.54, 1.807) is 7.11 Å². The lowest BCUT2D eigenvalue weighted by Crippen LogP contribution is -2.41. The second kappa shape index (κ2) is 3.42. The average Bonchev–Trinajstić information content (AvgIpc) is 2.52. The number of hydrogen-bond donors (Lipinski definition) is 0. The summed E-state index contributed by atoms with van der Waals surface area (Å²) in [6.45, 7) is 5.76. The van der Waals surface area contributed by atoms with E-state index in [0.29, 0.717) is 6.10 Å². The van der Waals surface area contributed by atoms with Gasteiger partial charge in [-0.1, -0.05) is 0 Å². The average molecular weight is 168 g/mol. The van der Waals surface area contributed by atoms with Crippen molar-refractivity contribution in [3.63, 3.8) is 0 Å². The van der Waals surface area contributed by atoms with Gasteiger partial charge in [0.2, 0.25) is 0 Å². The summed E-state index contributed by atoms with van der Waals surface area (Å²) in [4.78, 5) is 2.17. The van der Waals surface area contributed by atoms with E-state index in [1.165, 1.54) is 0 Å². The van der Waals surface area contributed by atoms with Gasteiger partial charge in [0.1, 0.15) is 5.54 Å². The predicted octanol–water partition coefficient (Wildman–Crippen LogP) is 1.01. The molecule has 12 heavy (non-hydrogen) atoms. The molecule has 3 heteroatoms. The molecule has 1 atom stereocenters. The first-order chi connectivity index (χ1) is 5.60. The van der Waals surface area contributed by atoms with E-state index in [2.05, 4.69) is 11.0 Å². The molecule has 0 aromatic rings. The molecule has 1 aliphatic rings. The summed E-state index contributed by atoms with van der Waals surface area (Å²) in [5, 5.41) is 8.88. The highest BCUT2D eigenvalue weighted by molar-refractivity contribution is 5.03. The normalized spacial score (nSPS) is 25.7. The van der Waals surface area contributed by atoms with E-state index in [4.69, 9.17) is 10.00 Å². The number of nitriles is 1. The second-order valence-corrected chi connectivity index (χ2v) is 3.76. The summed E-state index contributed by atoms with van der Waals surface area (Å²) in [5.74, 6) is 0. The van der Waals surface area contributed by atoms with Gasteiger partial charge in [-0.05, 0) is 20.3 Å². The van der Waals surface area contributed by atoms with E-state index < -0.39 is 0 Å². The van der Waals surface area contributed by atoms with Crippen molar-refractivity contribution < 1.29 is 4.74 Å². The quantitative estimate of drug-likeness (QED) is 0.617. The molecule has 1 saturated heterocycles. The number of nitrogens with zero attached hydrogens (tertiary/aromatic N) is 2. The predicted molar refractivity (Wildman–Crippen MR) is 46.7 cm³/mol. The number of hydrogen-bond acceptors (Lipinski definition) is 3. The molecule has 1 aliphatic heterocycles. The van der Waals surface area contributed by atoms with Gasteiger partial charge in [-0.25, -0.2) is 0 Å². The van der Waals surface area contributed by atoms with Crippen molar-refractivity contribution in [1.82, 2.24) is 4.90 Å². The molecule has 0 aromatic carbocycles. The SMILES string of the molecule is CO[C@@H]1CCN(C(C)(C)C#N)C1. The van der Waals surface area contributed by atoms with Gasteiger partial charge in [-0.2, -0.15) is 5.26 Å². The van der Waals surface area contributed by atoms with Crippen LogP contribution in [0.25, 0.3) is 0 Å². The van der Waals surface area contributed by atoms with Crippen molar-refractivity contribution in [2.75, 3.05) is 20.2 Å². The number of rotatable bonds is 2. The third-order valence-electron chi connectivity index (χ3n) is 2.54. The van der Waals surface area contributed by atoms with Gasteiger partial charge in [0, 0.05) is 20.2 Å². The minimum absolute atomic E-state index is 0.317. The highest BCUT2D eigenvalue weighted by atomic mass is 16.5. The Morgan fingerprint density at radius 2 is 2.25 bits per heavy atom. The van der Waals surface area contributed by atoms with Gasteiger partial charge < -0.3 is 4.74 Å². The third kappa shape index (κ3) is 1.77. The molecular formula is C9H16N2O. The molecule has 0 spiro atoms. The van der Waals surface area contributed by atoms with Crippen LogP contribution in [0.15, 0.2) is 0 Å². The number of likely N-dealkylation sites (tertiary alicyclic amines) is 1. The summed E-state index contributed by atoms with van der Waals surface area (Å²) >= 11 is 0. The molecule has 0 aromatic heterocycles. The summed E-state index contributed by atoms with van der Waals surface area (Å²) in [5.41, 5.74) is -0.340. The Morgan fingerprint density at radius 1 is 1.58 bits per heavy atom. The fraction of sp³-hybridized carbons (Fsp3) is 0.889.